The summed E-state index contributed by atoms with van der Waals surface area (Å²) in [5.74, 6) is -0.0840. The number of carbonyl (C=O) groups is 1. The Balaban J connectivity index is 2.01. The zero-order chi connectivity index (χ0) is 18.2. The Hall–Kier alpha value is -2.50. The van der Waals surface area contributed by atoms with Crippen molar-refractivity contribution in [1.82, 2.24) is 0 Å². The largest absolute Gasteiger partial charge is 0.497 e. The fourth-order valence-corrected chi connectivity index (χ4v) is 3.16. The minimum absolute atomic E-state index is 0.195. The third kappa shape index (κ3) is 3.48. The van der Waals surface area contributed by atoms with Gasteiger partial charge < -0.3 is 10.1 Å². The van der Waals surface area contributed by atoms with Crippen molar-refractivity contribution in [1.29, 1.82) is 0 Å². The molecule has 0 spiro atoms. The van der Waals surface area contributed by atoms with E-state index in [0.717, 1.165) is 17.7 Å². The predicted octanol–water partition coefficient (Wildman–Crippen LogP) is 4.63. The number of ether oxygens (including phenoxy) is 1. The van der Waals surface area contributed by atoms with Crippen LogP contribution in [0.3, 0.4) is 0 Å². The maximum atomic E-state index is 13.0. The number of methoxy groups -OCH3 is 1. The van der Waals surface area contributed by atoms with Crippen LogP contribution in [-0.2, 0) is 17.4 Å². The van der Waals surface area contributed by atoms with Crippen molar-refractivity contribution in [3.63, 3.8) is 0 Å². The lowest BCUT2D eigenvalue weighted by Gasteiger charge is -2.21. The number of carbonyl (C=O) groups excluding carboxylic acids is 1. The standard InChI is InChI=1S/C19H18F3NO2/c1-11-16(12-3-6-15(25-2)7-4-12)10-13-9-14(19(20,21)22)5-8-17(13)23-18(11)24/h3-9,11,16H,10H2,1-2H3,(H,23,24). The van der Waals surface area contributed by atoms with Crippen LogP contribution < -0.4 is 10.1 Å². The van der Waals surface area contributed by atoms with Crippen molar-refractivity contribution in [2.24, 2.45) is 5.92 Å². The second-order valence-corrected chi connectivity index (χ2v) is 6.23. The average Bonchev–Trinajstić information content (AvgIpc) is 2.71. The second kappa shape index (κ2) is 6.43. The molecule has 6 heteroatoms. The Morgan fingerprint density at radius 3 is 2.40 bits per heavy atom. The third-order valence-electron chi connectivity index (χ3n) is 4.69. The van der Waals surface area contributed by atoms with Crippen LogP contribution in [-0.4, -0.2) is 13.0 Å². The van der Waals surface area contributed by atoms with Crippen LogP contribution in [0, 0.1) is 5.92 Å². The normalized spacial score (nSPS) is 20.4. The van der Waals surface area contributed by atoms with E-state index in [9.17, 15) is 18.0 Å². The van der Waals surface area contributed by atoms with Crippen molar-refractivity contribution in [3.8, 4) is 5.75 Å². The van der Waals surface area contributed by atoms with E-state index < -0.39 is 11.7 Å². The molecule has 0 saturated carbocycles. The highest BCUT2D eigenvalue weighted by atomic mass is 19.4. The highest BCUT2D eigenvalue weighted by Crippen LogP contribution is 2.38. The number of anilines is 1. The summed E-state index contributed by atoms with van der Waals surface area (Å²) in [4.78, 5) is 12.4. The number of hydrogen-bond donors (Lipinski definition) is 1. The molecule has 2 aromatic rings. The number of halogens is 3. The number of rotatable bonds is 2. The van der Waals surface area contributed by atoms with Gasteiger partial charge in [-0.2, -0.15) is 13.2 Å². The summed E-state index contributed by atoms with van der Waals surface area (Å²) in [6, 6.07) is 10.7. The summed E-state index contributed by atoms with van der Waals surface area (Å²) in [6.07, 6.45) is -4.06. The minimum atomic E-state index is -4.41. The van der Waals surface area contributed by atoms with Crippen LogP contribution in [0.2, 0.25) is 0 Å². The Bertz CT molecular complexity index is 784. The fourth-order valence-electron chi connectivity index (χ4n) is 3.16. The van der Waals surface area contributed by atoms with Crippen molar-refractivity contribution in [2.45, 2.75) is 25.4 Å². The van der Waals surface area contributed by atoms with Gasteiger partial charge in [0.15, 0.2) is 0 Å². The van der Waals surface area contributed by atoms with Crippen LogP contribution in [0.4, 0.5) is 18.9 Å². The third-order valence-corrected chi connectivity index (χ3v) is 4.69. The summed E-state index contributed by atoms with van der Waals surface area (Å²) < 4.78 is 44.2. The summed E-state index contributed by atoms with van der Waals surface area (Å²) >= 11 is 0. The van der Waals surface area contributed by atoms with Gasteiger partial charge in [0.05, 0.1) is 12.7 Å². The molecule has 2 atom stereocenters. The first-order valence-electron chi connectivity index (χ1n) is 7.94. The molecule has 132 valence electrons. The molecular formula is C19H18F3NO2. The van der Waals surface area contributed by atoms with E-state index in [0.29, 0.717) is 23.4 Å². The highest BCUT2D eigenvalue weighted by Gasteiger charge is 2.34. The van der Waals surface area contributed by atoms with Gasteiger partial charge in [-0.25, -0.2) is 0 Å². The Labute approximate surface area is 143 Å². The van der Waals surface area contributed by atoms with Crippen molar-refractivity contribution < 1.29 is 22.7 Å². The van der Waals surface area contributed by atoms with E-state index in [1.807, 2.05) is 12.1 Å². The number of hydrogen-bond acceptors (Lipinski definition) is 2. The van der Waals surface area contributed by atoms with Crippen LogP contribution in [0.1, 0.15) is 29.5 Å². The molecule has 3 nitrogen and oxygen atoms in total. The minimum Gasteiger partial charge on any atom is -0.497 e. The van der Waals surface area contributed by atoms with Crippen LogP contribution in [0.25, 0.3) is 0 Å². The van der Waals surface area contributed by atoms with E-state index in [4.69, 9.17) is 4.74 Å². The van der Waals surface area contributed by atoms with E-state index in [1.165, 1.54) is 6.07 Å². The molecule has 0 saturated heterocycles. The van der Waals surface area contributed by atoms with Gasteiger partial charge in [0, 0.05) is 11.6 Å². The first-order chi connectivity index (χ1) is 11.8. The first-order valence-corrected chi connectivity index (χ1v) is 7.94. The first kappa shape index (κ1) is 17.3. The molecule has 25 heavy (non-hydrogen) atoms. The quantitative estimate of drug-likeness (QED) is 0.859. The topological polar surface area (TPSA) is 38.3 Å². The van der Waals surface area contributed by atoms with Crippen molar-refractivity contribution in [3.05, 3.63) is 59.2 Å². The predicted molar refractivity (Wildman–Crippen MR) is 88.7 cm³/mol. The average molecular weight is 349 g/mol. The number of benzene rings is 2. The van der Waals surface area contributed by atoms with E-state index >= 15 is 0 Å². The maximum Gasteiger partial charge on any atom is 0.416 e. The van der Waals surface area contributed by atoms with E-state index in [-0.39, 0.29) is 17.7 Å². The fraction of sp³-hybridized carbons (Fsp3) is 0.316. The molecule has 1 aliphatic rings. The van der Waals surface area contributed by atoms with Crippen LogP contribution in [0.15, 0.2) is 42.5 Å². The molecule has 0 bridgehead atoms. The molecule has 1 amide bonds. The molecule has 0 radical (unpaired) electrons. The molecule has 2 unspecified atom stereocenters. The molecule has 3 rings (SSSR count). The number of fused-ring (bicyclic) bond motifs is 1. The summed E-state index contributed by atoms with van der Waals surface area (Å²) in [5.41, 5.74) is 1.13. The SMILES string of the molecule is COc1ccc(C2Cc3cc(C(F)(F)F)ccc3NC(=O)C2C)cc1. The molecule has 1 N–H and O–H groups in total. The van der Waals surface area contributed by atoms with Gasteiger partial charge in [0.25, 0.3) is 0 Å². The second-order valence-electron chi connectivity index (χ2n) is 6.23. The van der Waals surface area contributed by atoms with Gasteiger partial charge in [-0.15, -0.1) is 0 Å². The number of amides is 1. The van der Waals surface area contributed by atoms with Crippen molar-refractivity contribution in [2.75, 3.05) is 12.4 Å². The zero-order valence-electron chi connectivity index (χ0n) is 13.9. The molecule has 0 fully saturated rings. The van der Waals surface area contributed by atoms with Gasteiger partial charge in [-0.3, -0.25) is 4.79 Å². The van der Waals surface area contributed by atoms with Crippen molar-refractivity contribution >= 4 is 11.6 Å². The highest BCUT2D eigenvalue weighted by molar-refractivity contribution is 5.94. The molecule has 1 heterocycles. The number of nitrogens with one attached hydrogen (secondary N) is 1. The zero-order valence-corrected chi connectivity index (χ0v) is 13.9. The molecule has 0 aromatic heterocycles. The maximum absolute atomic E-state index is 13.0. The van der Waals surface area contributed by atoms with Gasteiger partial charge in [-0.1, -0.05) is 19.1 Å². The van der Waals surface area contributed by atoms with Crippen LogP contribution in [0.5, 0.6) is 5.75 Å². The Morgan fingerprint density at radius 1 is 1.12 bits per heavy atom. The van der Waals surface area contributed by atoms with Gasteiger partial charge in [0.1, 0.15) is 5.75 Å². The molecular weight excluding hydrogens is 331 g/mol. The molecule has 1 aliphatic heterocycles. The van der Waals surface area contributed by atoms with E-state index in [1.54, 1.807) is 26.2 Å². The number of alkyl halides is 3. The Morgan fingerprint density at radius 2 is 1.80 bits per heavy atom. The van der Waals surface area contributed by atoms with E-state index in [2.05, 4.69) is 5.32 Å². The van der Waals surface area contributed by atoms with Crippen LogP contribution >= 0.6 is 0 Å². The molecule has 0 aliphatic carbocycles. The van der Waals surface area contributed by atoms with Gasteiger partial charge in [0.2, 0.25) is 5.91 Å². The van der Waals surface area contributed by atoms with Gasteiger partial charge >= 0.3 is 6.18 Å². The lowest BCUT2D eigenvalue weighted by Crippen LogP contribution is -2.24. The molecule has 2 aromatic carbocycles. The lowest BCUT2D eigenvalue weighted by molar-refractivity contribution is -0.137. The smallest absolute Gasteiger partial charge is 0.416 e. The monoisotopic (exact) mass is 349 g/mol. The summed E-state index contributed by atoms with van der Waals surface area (Å²) in [6.45, 7) is 1.79. The van der Waals surface area contributed by atoms with Gasteiger partial charge in [-0.05, 0) is 53.8 Å². The summed E-state index contributed by atoms with van der Waals surface area (Å²) in [7, 11) is 1.56. The lowest BCUT2D eigenvalue weighted by atomic mass is 9.82. The summed E-state index contributed by atoms with van der Waals surface area (Å²) in [5, 5.41) is 2.74. The Kier molecular flexibility index (Phi) is 4.45.